The van der Waals surface area contributed by atoms with Crippen molar-refractivity contribution in [2.75, 3.05) is 26.4 Å². The molecule has 0 spiro atoms. The highest BCUT2D eigenvalue weighted by molar-refractivity contribution is 7.09. The molecular weight excluding hydrogens is 312 g/mol. The third-order valence-electron chi connectivity index (χ3n) is 4.45. The Morgan fingerprint density at radius 1 is 1.35 bits per heavy atom. The van der Waals surface area contributed by atoms with E-state index in [2.05, 4.69) is 26.2 Å². The summed E-state index contributed by atoms with van der Waals surface area (Å²) in [6.07, 6.45) is 2.72. The summed E-state index contributed by atoms with van der Waals surface area (Å²) in [6, 6.07) is 0.0860. The zero-order valence-corrected chi connectivity index (χ0v) is 15.0. The first-order valence-electron chi connectivity index (χ1n) is 8.42. The van der Waals surface area contributed by atoms with Crippen molar-refractivity contribution in [1.29, 1.82) is 0 Å². The summed E-state index contributed by atoms with van der Waals surface area (Å²) in [5.41, 5.74) is 1.14. The molecule has 128 valence electrons. The minimum Gasteiger partial charge on any atom is -0.376 e. The molecule has 1 aromatic heterocycles. The van der Waals surface area contributed by atoms with Gasteiger partial charge in [0, 0.05) is 17.3 Å². The number of likely N-dealkylation sites (tertiary alicyclic amines) is 1. The molecule has 23 heavy (non-hydrogen) atoms. The van der Waals surface area contributed by atoms with Gasteiger partial charge >= 0.3 is 0 Å². The van der Waals surface area contributed by atoms with Crippen LogP contribution in [0.25, 0.3) is 0 Å². The van der Waals surface area contributed by atoms with Crippen molar-refractivity contribution in [1.82, 2.24) is 9.88 Å². The lowest BCUT2D eigenvalue weighted by atomic mass is 9.93. The first-order chi connectivity index (χ1) is 11.0. The summed E-state index contributed by atoms with van der Waals surface area (Å²) < 4.78 is 11.0. The third kappa shape index (κ3) is 3.75. The van der Waals surface area contributed by atoms with Gasteiger partial charge in [-0.2, -0.15) is 0 Å². The van der Waals surface area contributed by atoms with Crippen molar-refractivity contribution in [2.45, 2.75) is 57.6 Å². The van der Waals surface area contributed by atoms with E-state index in [1.807, 2.05) is 4.90 Å². The Kier molecular flexibility index (Phi) is 5.04. The molecule has 2 saturated heterocycles. The fourth-order valence-corrected chi connectivity index (χ4v) is 4.24. The Balaban J connectivity index is 1.78. The van der Waals surface area contributed by atoms with Gasteiger partial charge < -0.3 is 14.4 Å². The molecule has 0 aliphatic carbocycles. The van der Waals surface area contributed by atoms with Crippen LogP contribution in [0.5, 0.6) is 0 Å². The second-order valence-electron chi connectivity index (χ2n) is 7.30. The largest absolute Gasteiger partial charge is 0.376 e. The smallest absolute Gasteiger partial charge is 0.254 e. The van der Waals surface area contributed by atoms with Crippen LogP contribution in [0.15, 0.2) is 5.38 Å². The van der Waals surface area contributed by atoms with Gasteiger partial charge in [-0.1, -0.05) is 20.8 Å². The highest BCUT2D eigenvalue weighted by atomic mass is 32.1. The summed E-state index contributed by atoms with van der Waals surface area (Å²) in [5.74, 6) is 0.0573. The van der Waals surface area contributed by atoms with Gasteiger partial charge in [0.2, 0.25) is 0 Å². The molecule has 1 amide bonds. The van der Waals surface area contributed by atoms with Crippen LogP contribution in [0.4, 0.5) is 0 Å². The average molecular weight is 338 g/mol. The number of ether oxygens (including phenoxy) is 2. The number of thiazole rings is 1. The average Bonchev–Trinajstić information content (AvgIpc) is 3.05. The van der Waals surface area contributed by atoms with E-state index in [9.17, 15) is 4.79 Å². The normalized spacial score (nSPS) is 26.3. The Morgan fingerprint density at radius 3 is 2.83 bits per heavy atom. The molecule has 0 aromatic carbocycles. The van der Waals surface area contributed by atoms with Crippen LogP contribution >= 0.6 is 11.3 Å². The molecule has 2 aliphatic heterocycles. The van der Waals surface area contributed by atoms with Crippen molar-refractivity contribution in [3.05, 3.63) is 16.1 Å². The van der Waals surface area contributed by atoms with Gasteiger partial charge in [0.05, 0.1) is 31.6 Å². The maximum Gasteiger partial charge on any atom is 0.254 e. The van der Waals surface area contributed by atoms with Gasteiger partial charge in [0.25, 0.3) is 5.91 Å². The highest BCUT2D eigenvalue weighted by Crippen LogP contribution is 2.35. The molecule has 3 rings (SSSR count). The van der Waals surface area contributed by atoms with Crippen molar-refractivity contribution in [2.24, 2.45) is 0 Å². The van der Waals surface area contributed by atoms with Gasteiger partial charge in [0.15, 0.2) is 6.10 Å². The molecule has 2 fully saturated rings. The van der Waals surface area contributed by atoms with E-state index in [1.165, 1.54) is 0 Å². The van der Waals surface area contributed by atoms with Crippen LogP contribution in [-0.2, 0) is 19.7 Å². The van der Waals surface area contributed by atoms with E-state index >= 15 is 0 Å². The minimum atomic E-state index is -0.452. The number of piperidine rings is 1. The predicted octanol–water partition coefficient (Wildman–Crippen LogP) is 2.91. The predicted molar refractivity (Wildman–Crippen MR) is 89.7 cm³/mol. The van der Waals surface area contributed by atoms with Crippen molar-refractivity contribution >= 4 is 17.2 Å². The quantitative estimate of drug-likeness (QED) is 0.832. The van der Waals surface area contributed by atoms with Crippen LogP contribution < -0.4 is 0 Å². The lowest BCUT2D eigenvalue weighted by Gasteiger charge is -2.37. The summed E-state index contributed by atoms with van der Waals surface area (Å²) in [5, 5.41) is 3.19. The van der Waals surface area contributed by atoms with Crippen LogP contribution in [0.1, 0.15) is 56.8 Å². The lowest BCUT2D eigenvalue weighted by molar-refractivity contribution is -0.161. The van der Waals surface area contributed by atoms with E-state index < -0.39 is 6.10 Å². The topological polar surface area (TPSA) is 51.7 Å². The molecule has 3 heterocycles. The summed E-state index contributed by atoms with van der Waals surface area (Å²) >= 11 is 1.67. The van der Waals surface area contributed by atoms with E-state index in [0.29, 0.717) is 19.8 Å². The van der Waals surface area contributed by atoms with Gasteiger partial charge in [-0.15, -0.1) is 11.3 Å². The summed E-state index contributed by atoms with van der Waals surface area (Å²) in [4.78, 5) is 19.6. The first-order valence-corrected chi connectivity index (χ1v) is 9.30. The zero-order valence-electron chi connectivity index (χ0n) is 14.2. The van der Waals surface area contributed by atoms with Gasteiger partial charge in [0.1, 0.15) is 5.01 Å². The maximum absolute atomic E-state index is 12.8. The number of carbonyl (C=O) groups is 1. The summed E-state index contributed by atoms with van der Waals surface area (Å²) in [6.45, 7) is 8.74. The van der Waals surface area contributed by atoms with Gasteiger partial charge in [-0.25, -0.2) is 4.98 Å². The van der Waals surface area contributed by atoms with Crippen molar-refractivity contribution < 1.29 is 14.3 Å². The molecule has 0 radical (unpaired) electrons. The number of amides is 1. The third-order valence-corrected chi connectivity index (χ3v) is 5.40. The fraction of sp³-hybridized carbons (Fsp3) is 0.765. The molecule has 0 unspecified atom stereocenters. The molecule has 0 bridgehead atoms. The van der Waals surface area contributed by atoms with E-state index in [1.54, 1.807) is 11.3 Å². The number of nitrogens with zero attached hydrogens (tertiary/aromatic N) is 2. The Labute approximate surface area is 142 Å². The Hall–Kier alpha value is -0.980. The van der Waals surface area contributed by atoms with E-state index in [4.69, 9.17) is 14.5 Å². The second kappa shape index (κ2) is 6.87. The van der Waals surface area contributed by atoms with Crippen LogP contribution in [0.2, 0.25) is 0 Å². The van der Waals surface area contributed by atoms with Crippen molar-refractivity contribution in [3.63, 3.8) is 0 Å². The van der Waals surface area contributed by atoms with Gasteiger partial charge in [-0.05, 0) is 19.3 Å². The molecule has 0 N–H and O–H groups in total. The van der Waals surface area contributed by atoms with E-state index in [0.717, 1.165) is 36.5 Å². The molecular formula is C17H26N2O3S. The summed E-state index contributed by atoms with van der Waals surface area (Å²) in [7, 11) is 0. The van der Waals surface area contributed by atoms with Gasteiger partial charge in [-0.3, -0.25) is 4.79 Å². The van der Waals surface area contributed by atoms with Crippen LogP contribution in [0.3, 0.4) is 0 Å². The number of aromatic nitrogens is 1. The molecule has 5 nitrogen and oxygen atoms in total. The number of rotatable bonds is 2. The molecule has 2 aliphatic rings. The van der Waals surface area contributed by atoms with Crippen molar-refractivity contribution in [3.8, 4) is 0 Å². The monoisotopic (exact) mass is 338 g/mol. The second-order valence-corrected chi connectivity index (χ2v) is 8.19. The molecule has 0 saturated carbocycles. The van der Waals surface area contributed by atoms with E-state index in [-0.39, 0.29) is 17.4 Å². The van der Waals surface area contributed by atoms with Crippen LogP contribution in [-0.4, -0.2) is 48.3 Å². The number of hydrogen-bond acceptors (Lipinski definition) is 5. The minimum absolute atomic E-state index is 0.0403. The molecule has 6 heteroatoms. The SMILES string of the molecule is CC(C)(C)c1csc([C@H]2CCCCN2C(=O)[C@@H]2COCCO2)n1. The number of carbonyl (C=O) groups excluding carboxylic acids is 1. The number of hydrogen-bond donors (Lipinski definition) is 0. The Morgan fingerprint density at radius 2 is 2.17 bits per heavy atom. The maximum atomic E-state index is 12.8. The zero-order chi connectivity index (χ0) is 16.4. The lowest BCUT2D eigenvalue weighted by Crippen LogP contribution is -2.48. The molecule has 2 atom stereocenters. The standard InChI is InChI=1S/C17H26N2O3S/c1-17(2,3)14-11-23-15(18-14)12-6-4-5-7-19(12)16(20)13-10-21-8-9-22-13/h11-13H,4-10H2,1-3H3/t12-,13+/m1/s1. The molecule has 1 aromatic rings. The first kappa shape index (κ1) is 16.9. The van der Waals surface area contributed by atoms with Crippen LogP contribution in [0, 0.1) is 0 Å². The fourth-order valence-electron chi connectivity index (χ4n) is 3.05. The Bertz CT molecular complexity index is 546. The highest BCUT2D eigenvalue weighted by Gasteiger charge is 2.35.